The molecule has 0 radical (unpaired) electrons. The van der Waals surface area contributed by atoms with Crippen LogP contribution in [0, 0.1) is 6.92 Å². The molecule has 0 aliphatic heterocycles. The lowest BCUT2D eigenvalue weighted by molar-refractivity contribution is -0.139. The summed E-state index contributed by atoms with van der Waals surface area (Å²) >= 11 is 1.56. The van der Waals surface area contributed by atoms with Crippen molar-refractivity contribution in [3.8, 4) is 0 Å². The van der Waals surface area contributed by atoms with Crippen LogP contribution in [0.3, 0.4) is 0 Å². The van der Waals surface area contributed by atoms with Crippen molar-refractivity contribution >= 4 is 33.4 Å². The van der Waals surface area contributed by atoms with Crippen LogP contribution in [0.25, 0.3) is 10.2 Å². The Morgan fingerprint density at radius 2 is 2.21 bits per heavy atom. The monoisotopic (exact) mass is 278 g/mol. The fraction of sp³-hybridized carbons (Fsp3) is 0.308. The number of fused-ring (bicyclic) bond motifs is 1. The summed E-state index contributed by atoms with van der Waals surface area (Å²) in [6, 6.07) is 4.34. The maximum atomic E-state index is 12.0. The van der Waals surface area contributed by atoms with Crippen molar-refractivity contribution in [2.75, 3.05) is 0 Å². The molecule has 0 aliphatic rings. The van der Waals surface area contributed by atoms with Gasteiger partial charge in [0.15, 0.2) is 0 Å². The Kier molecular flexibility index (Phi) is 3.80. The molecule has 0 saturated heterocycles. The first-order chi connectivity index (χ1) is 9.01. The number of aromatic nitrogens is 1. The van der Waals surface area contributed by atoms with Gasteiger partial charge in [-0.05, 0) is 31.5 Å². The highest BCUT2D eigenvalue weighted by molar-refractivity contribution is 7.18. The van der Waals surface area contributed by atoms with Gasteiger partial charge in [-0.15, -0.1) is 11.3 Å². The van der Waals surface area contributed by atoms with Crippen molar-refractivity contribution in [2.45, 2.75) is 26.3 Å². The maximum Gasteiger partial charge on any atom is 0.326 e. The zero-order valence-corrected chi connectivity index (χ0v) is 11.5. The number of hydrogen-bond donors (Lipinski definition) is 2. The Morgan fingerprint density at radius 1 is 1.47 bits per heavy atom. The Morgan fingerprint density at radius 3 is 2.84 bits per heavy atom. The molecule has 19 heavy (non-hydrogen) atoms. The van der Waals surface area contributed by atoms with E-state index in [9.17, 15) is 9.59 Å². The highest BCUT2D eigenvalue weighted by atomic mass is 32.1. The first-order valence-corrected chi connectivity index (χ1v) is 6.73. The van der Waals surface area contributed by atoms with Gasteiger partial charge in [-0.2, -0.15) is 0 Å². The van der Waals surface area contributed by atoms with Gasteiger partial charge in [0, 0.05) is 5.56 Å². The highest BCUT2D eigenvalue weighted by Crippen LogP contribution is 2.22. The van der Waals surface area contributed by atoms with Crippen molar-refractivity contribution in [1.29, 1.82) is 0 Å². The lowest BCUT2D eigenvalue weighted by atomic mass is 10.1. The summed E-state index contributed by atoms with van der Waals surface area (Å²) in [5, 5.41) is 12.3. The third kappa shape index (κ3) is 2.90. The predicted octanol–water partition coefficient (Wildman–Crippen LogP) is 2.20. The molecule has 1 aromatic heterocycles. The average molecular weight is 278 g/mol. The van der Waals surface area contributed by atoms with E-state index in [4.69, 9.17) is 5.11 Å². The van der Waals surface area contributed by atoms with Crippen LogP contribution in [-0.2, 0) is 4.79 Å². The first kappa shape index (κ1) is 13.5. The third-order valence-electron chi connectivity index (χ3n) is 2.77. The van der Waals surface area contributed by atoms with Crippen LogP contribution in [0.4, 0.5) is 0 Å². The SMILES string of the molecule is CCC(NC(=O)c1ccc2sc(C)nc2c1)C(=O)O. The molecule has 1 atom stereocenters. The summed E-state index contributed by atoms with van der Waals surface area (Å²) in [7, 11) is 0. The topological polar surface area (TPSA) is 79.3 Å². The molecule has 1 amide bonds. The van der Waals surface area contributed by atoms with E-state index in [1.165, 1.54) is 0 Å². The van der Waals surface area contributed by atoms with E-state index < -0.39 is 12.0 Å². The minimum Gasteiger partial charge on any atom is -0.480 e. The lowest BCUT2D eigenvalue weighted by Gasteiger charge is -2.11. The molecule has 2 N–H and O–H groups in total. The zero-order chi connectivity index (χ0) is 14.0. The molecule has 2 aromatic rings. The standard InChI is InChI=1S/C13H14N2O3S/c1-3-9(13(17)18)15-12(16)8-4-5-11-10(6-8)14-7(2)19-11/h4-6,9H,3H2,1-2H3,(H,15,16)(H,17,18). The number of amides is 1. The number of thiazole rings is 1. The number of carbonyl (C=O) groups excluding carboxylic acids is 1. The molecule has 5 nitrogen and oxygen atoms in total. The molecule has 0 saturated carbocycles. The fourth-order valence-corrected chi connectivity index (χ4v) is 2.57. The van der Waals surface area contributed by atoms with Crippen LogP contribution in [0.5, 0.6) is 0 Å². The second-order valence-electron chi connectivity index (χ2n) is 4.19. The summed E-state index contributed by atoms with van der Waals surface area (Å²) < 4.78 is 1.01. The summed E-state index contributed by atoms with van der Waals surface area (Å²) in [6.45, 7) is 3.62. The van der Waals surface area contributed by atoms with Gasteiger partial charge in [0.25, 0.3) is 5.91 Å². The quantitative estimate of drug-likeness (QED) is 0.898. The van der Waals surface area contributed by atoms with Gasteiger partial charge in [-0.25, -0.2) is 9.78 Å². The maximum absolute atomic E-state index is 12.0. The lowest BCUT2D eigenvalue weighted by Crippen LogP contribution is -2.40. The smallest absolute Gasteiger partial charge is 0.326 e. The summed E-state index contributed by atoms with van der Waals surface area (Å²) in [4.78, 5) is 27.2. The molecule has 1 aromatic carbocycles. The number of nitrogens with one attached hydrogen (secondary N) is 1. The summed E-state index contributed by atoms with van der Waals surface area (Å²) in [5.41, 5.74) is 1.19. The van der Waals surface area contributed by atoms with Crippen LogP contribution in [0.1, 0.15) is 28.7 Å². The molecule has 2 rings (SSSR count). The van der Waals surface area contributed by atoms with Gasteiger partial charge in [-0.1, -0.05) is 6.92 Å². The Balaban J connectivity index is 2.23. The Labute approximate surface area is 114 Å². The normalized spacial score (nSPS) is 12.3. The van der Waals surface area contributed by atoms with Crippen LogP contribution >= 0.6 is 11.3 Å². The first-order valence-electron chi connectivity index (χ1n) is 5.92. The van der Waals surface area contributed by atoms with Crippen LogP contribution in [0.15, 0.2) is 18.2 Å². The number of aliphatic carboxylic acids is 1. The number of carboxylic acids is 1. The fourth-order valence-electron chi connectivity index (χ4n) is 1.76. The van der Waals surface area contributed by atoms with E-state index in [0.29, 0.717) is 12.0 Å². The number of aryl methyl sites for hydroxylation is 1. The number of hydrogen-bond acceptors (Lipinski definition) is 4. The molecule has 6 heteroatoms. The van der Waals surface area contributed by atoms with Gasteiger partial charge in [0.1, 0.15) is 6.04 Å². The molecule has 1 unspecified atom stereocenters. The van der Waals surface area contributed by atoms with Crippen molar-refractivity contribution in [1.82, 2.24) is 10.3 Å². The van der Waals surface area contributed by atoms with Crippen molar-refractivity contribution in [2.24, 2.45) is 0 Å². The van der Waals surface area contributed by atoms with Crippen molar-refractivity contribution in [3.63, 3.8) is 0 Å². The summed E-state index contributed by atoms with van der Waals surface area (Å²) in [6.07, 6.45) is 0.346. The van der Waals surface area contributed by atoms with Gasteiger partial charge < -0.3 is 10.4 Å². The van der Waals surface area contributed by atoms with E-state index in [-0.39, 0.29) is 5.91 Å². The van der Waals surface area contributed by atoms with Crippen LogP contribution in [0.2, 0.25) is 0 Å². The minimum atomic E-state index is -1.03. The molecule has 100 valence electrons. The van der Waals surface area contributed by atoms with Gasteiger partial charge in [0.05, 0.1) is 15.2 Å². The van der Waals surface area contributed by atoms with E-state index in [1.807, 2.05) is 13.0 Å². The largest absolute Gasteiger partial charge is 0.480 e. The highest BCUT2D eigenvalue weighted by Gasteiger charge is 2.18. The van der Waals surface area contributed by atoms with Crippen LogP contribution < -0.4 is 5.32 Å². The van der Waals surface area contributed by atoms with Gasteiger partial charge in [0.2, 0.25) is 0 Å². The Hall–Kier alpha value is -1.95. The average Bonchev–Trinajstić information content (AvgIpc) is 2.74. The molecule has 0 fully saturated rings. The molecule has 1 heterocycles. The van der Waals surface area contributed by atoms with E-state index in [0.717, 1.165) is 15.2 Å². The number of nitrogens with zero attached hydrogens (tertiary/aromatic N) is 1. The van der Waals surface area contributed by atoms with E-state index in [1.54, 1.807) is 30.4 Å². The van der Waals surface area contributed by atoms with E-state index >= 15 is 0 Å². The second kappa shape index (κ2) is 5.36. The minimum absolute atomic E-state index is 0.346. The van der Waals surface area contributed by atoms with E-state index in [2.05, 4.69) is 10.3 Å². The third-order valence-corrected chi connectivity index (χ3v) is 3.72. The number of carboxylic acid groups (broad SMARTS) is 1. The predicted molar refractivity (Wildman–Crippen MR) is 73.5 cm³/mol. The molecular formula is C13H14N2O3S. The zero-order valence-electron chi connectivity index (χ0n) is 10.6. The van der Waals surface area contributed by atoms with Gasteiger partial charge in [-0.3, -0.25) is 4.79 Å². The van der Waals surface area contributed by atoms with Gasteiger partial charge >= 0.3 is 5.97 Å². The number of carbonyl (C=O) groups is 2. The molecular weight excluding hydrogens is 264 g/mol. The second-order valence-corrected chi connectivity index (χ2v) is 5.42. The van der Waals surface area contributed by atoms with Crippen molar-refractivity contribution < 1.29 is 14.7 Å². The van der Waals surface area contributed by atoms with Crippen LogP contribution in [-0.4, -0.2) is 28.0 Å². The van der Waals surface area contributed by atoms with Crippen molar-refractivity contribution in [3.05, 3.63) is 28.8 Å². The Bertz CT molecular complexity index is 636. The number of benzene rings is 1. The molecule has 0 bridgehead atoms. The molecule has 0 aliphatic carbocycles. The summed E-state index contributed by atoms with van der Waals surface area (Å²) in [5.74, 6) is -1.41. The number of rotatable bonds is 4. The molecule has 0 spiro atoms.